The highest BCUT2D eigenvalue weighted by molar-refractivity contribution is 4.64. The van der Waals surface area contributed by atoms with Gasteiger partial charge < -0.3 is 15.4 Å². The quantitative estimate of drug-likeness (QED) is 0.350. The van der Waals surface area contributed by atoms with Gasteiger partial charge in [0, 0.05) is 0 Å². The van der Waals surface area contributed by atoms with Crippen LogP contribution in [-0.2, 0) is 0 Å². The van der Waals surface area contributed by atoms with Crippen LogP contribution in [0.25, 0.3) is 0 Å². The zero-order valence-electron chi connectivity index (χ0n) is 4.70. The van der Waals surface area contributed by atoms with Crippen molar-refractivity contribution in [3.8, 4) is 0 Å². The van der Waals surface area contributed by atoms with Gasteiger partial charge >= 0.3 is 0 Å². The molecule has 0 rings (SSSR count). The van der Waals surface area contributed by atoms with Crippen LogP contribution in [0.1, 0.15) is 6.92 Å². The van der Waals surface area contributed by atoms with Crippen LogP contribution in [0.15, 0.2) is 0 Å². The van der Waals surface area contributed by atoms with E-state index in [0.717, 1.165) is 0 Å². The molecule has 0 spiro atoms. The van der Waals surface area contributed by atoms with Gasteiger partial charge in [-0.2, -0.15) is 0 Å². The maximum atomic E-state index is 8.65. The van der Waals surface area contributed by atoms with E-state index in [1.54, 1.807) is 12.4 Å². The van der Waals surface area contributed by atoms with E-state index in [1.807, 2.05) is 0 Å². The Labute approximate surface area is 47.7 Å². The standard InChI is InChI=1S/C4H11NO3/c1-3(5-8)4(7)2-6/h3-8H,2H2,1H3. The zero-order valence-corrected chi connectivity index (χ0v) is 4.70. The third kappa shape index (κ3) is 2.23. The third-order valence-electron chi connectivity index (χ3n) is 0.968. The monoisotopic (exact) mass is 121 g/mol. The maximum Gasteiger partial charge on any atom is 0.0943 e. The molecule has 0 aromatic heterocycles. The Morgan fingerprint density at radius 3 is 2.25 bits per heavy atom. The molecule has 2 atom stereocenters. The highest BCUT2D eigenvalue weighted by Gasteiger charge is 2.09. The number of hydrogen-bond acceptors (Lipinski definition) is 4. The van der Waals surface area contributed by atoms with Gasteiger partial charge in [0.1, 0.15) is 0 Å². The van der Waals surface area contributed by atoms with E-state index >= 15 is 0 Å². The summed E-state index contributed by atoms with van der Waals surface area (Å²) in [5, 5.41) is 25.0. The molecule has 0 heterocycles. The molecule has 0 aromatic rings. The minimum absolute atomic E-state index is 0.339. The first-order chi connectivity index (χ1) is 3.72. The molecule has 0 radical (unpaired) electrons. The summed E-state index contributed by atoms with van der Waals surface area (Å²) in [6.45, 7) is 1.22. The van der Waals surface area contributed by atoms with E-state index in [1.165, 1.54) is 0 Å². The number of rotatable bonds is 3. The average Bonchev–Trinajstić information content (AvgIpc) is 1.84. The Morgan fingerprint density at radius 2 is 2.12 bits per heavy atom. The fourth-order valence-electron chi connectivity index (χ4n) is 0.244. The summed E-state index contributed by atoms with van der Waals surface area (Å²) in [6, 6.07) is -0.472. The fourth-order valence-corrected chi connectivity index (χ4v) is 0.244. The van der Waals surface area contributed by atoms with Crippen LogP contribution in [0.4, 0.5) is 0 Å². The highest BCUT2D eigenvalue weighted by atomic mass is 16.5. The van der Waals surface area contributed by atoms with Crippen LogP contribution < -0.4 is 5.48 Å². The second-order valence-electron chi connectivity index (χ2n) is 1.67. The first kappa shape index (κ1) is 7.84. The first-order valence-electron chi connectivity index (χ1n) is 2.41. The summed E-state index contributed by atoms with van der Waals surface area (Å²) in [5.41, 5.74) is 1.81. The molecule has 0 aliphatic rings. The molecule has 0 aliphatic heterocycles. The van der Waals surface area contributed by atoms with Crippen LogP contribution >= 0.6 is 0 Å². The van der Waals surface area contributed by atoms with Crippen LogP contribution in [-0.4, -0.2) is 34.2 Å². The fraction of sp³-hybridized carbons (Fsp3) is 1.00. The van der Waals surface area contributed by atoms with Crippen molar-refractivity contribution in [3.05, 3.63) is 0 Å². The van der Waals surface area contributed by atoms with Crippen LogP contribution in [0.5, 0.6) is 0 Å². The largest absolute Gasteiger partial charge is 0.394 e. The third-order valence-corrected chi connectivity index (χ3v) is 0.968. The van der Waals surface area contributed by atoms with Crippen molar-refractivity contribution >= 4 is 0 Å². The molecule has 0 amide bonds. The van der Waals surface area contributed by atoms with Gasteiger partial charge in [-0.25, -0.2) is 5.48 Å². The van der Waals surface area contributed by atoms with Crippen molar-refractivity contribution < 1.29 is 15.4 Å². The van der Waals surface area contributed by atoms with Gasteiger partial charge in [0.05, 0.1) is 18.8 Å². The van der Waals surface area contributed by atoms with E-state index in [2.05, 4.69) is 0 Å². The predicted octanol–water partition coefficient (Wildman–Crippen LogP) is -1.29. The molecule has 4 heteroatoms. The van der Waals surface area contributed by atoms with E-state index in [9.17, 15) is 0 Å². The average molecular weight is 121 g/mol. The lowest BCUT2D eigenvalue weighted by Crippen LogP contribution is -2.37. The zero-order chi connectivity index (χ0) is 6.57. The Balaban J connectivity index is 3.29. The minimum Gasteiger partial charge on any atom is -0.394 e. The maximum absolute atomic E-state index is 8.65. The second-order valence-corrected chi connectivity index (χ2v) is 1.67. The number of hydrogen-bond donors (Lipinski definition) is 4. The molecular weight excluding hydrogens is 110 g/mol. The summed E-state index contributed by atoms with van der Waals surface area (Å²) in [7, 11) is 0. The normalized spacial score (nSPS) is 18.0. The van der Waals surface area contributed by atoms with Gasteiger partial charge in [-0.1, -0.05) is 0 Å². The molecule has 4 N–H and O–H groups in total. The van der Waals surface area contributed by atoms with Crippen molar-refractivity contribution in [1.82, 2.24) is 5.48 Å². The van der Waals surface area contributed by atoms with Crippen LogP contribution in [0.3, 0.4) is 0 Å². The summed E-state index contributed by atoms with van der Waals surface area (Å²) in [6.07, 6.45) is -0.889. The van der Waals surface area contributed by atoms with Gasteiger partial charge in [-0.3, -0.25) is 0 Å². The van der Waals surface area contributed by atoms with Crippen molar-refractivity contribution in [2.75, 3.05) is 6.61 Å². The Hall–Kier alpha value is -0.160. The first-order valence-corrected chi connectivity index (χ1v) is 2.41. The van der Waals surface area contributed by atoms with Gasteiger partial charge in [0.2, 0.25) is 0 Å². The molecular formula is C4H11NO3. The predicted molar refractivity (Wildman–Crippen MR) is 27.5 cm³/mol. The molecule has 0 bridgehead atoms. The molecule has 2 unspecified atom stereocenters. The van der Waals surface area contributed by atoms with E-state index in [-0.39, 0.29) is 6.61 Å². The number of hydroxylamine groups is 1. The minimum atomic E-state index is -0.889. The molecule has 0 aliphatic carbocycles. The number of nitrogens with one attached hydrogen (secondary N) is 1. The SMILES string of the molecule is CC(NO)C(O)CO. The lowest BCUT2D eigenvalue weighted by molar-refractivity contribution is 0.0157. The molecule has 8 heavy (non-hydrogen) atoms. The van der Waals surface area contributed by atoms with Crippen molar-refractivity contribution in [3.63, 3.8) is 0 Å². The van der Waals surface area contributed by atoms with E-state index < -0.39 is 12.1 Å². The summed E-state index contributed by atoms with van der Waals surface area (Å²) >= 11 is 0. The molecule has 0 saturated heterocycles. The topological polar surface area (TPSA) is 72.7 Å². The number of aliphatic hydroxyl groups is 2. The Kier molecular flexibility index (Phi) is 3.72. The molecule has 4 nitrogen and oxygen atoms in total. The van der Waals surface area contributed by atoms with Crippen molar-refractivity contribution in [2.24, 2.45) is 0 Å². The smallest absolute Gasteiger partial charge is 0.0943 e. The lowest BCUT2D eigenvalue weighted by Gasteiger charge is -2.12. The van der Waals surface area contributed by atoms with E-state index in [4.69, 9.17) is 15.4 Å². The Morgan fingerprint density at radius 1 is 1.62 bits per heavy atom. The lowest BCUT2D eigenvalue weighted by atomic mass is 10.2. The van der Waals surface area contributed by atoms with Gasteiger partial charge in [0.15, 0.2) is 0 Å². The van der Waals surface area contributed by atoms with Gasteiger partial charge in [-0.15, -0.1) is 0 Å². The molecule has 0 saturated carbocycles. The molecule has 0 aromatic carbocycles. The number of aliphatic hydroxyl groups excluding tert-OH is 2. The highest BCUT2D eigenvalue weighted by Crippen LogP contribution is 1.87. The van der Waals surface area contributed by atoms with Gasteiger partial charge in [0.25, 0.3) is 0 Å². The van der Waals surface area contributed by atoms with E-state index in [0.29, 0.717) is 0 Å². The molecule has 50 valence electrons. The second kappa shape index (κ2) is 3.80. The summed E-state index contributed by atoms with van der Waals surface area (Å²) < 4.78 is 0. The Bertz CT molecular complexity index is 51.2. The summed E-state index contributed by atoms with van der Waals surface area (Å²) in [5.74, 6) is 0. The summed E-state index contributed by atoms with van der Waals surface area (Å²) in [4.78, 5) is 0. The van der Waals surface area contributed by atoms with Crippen LogP contribution in [0, 0.1) is 0 Å². The van der Waals surface area contributed by atoms with Crippen molar-refractivity contribution in [1.29, 1.82) is 0 Å². The van der Waals surface area contributed by atoms with Crippen molar-refractivity contribution in [2.45, 2.75) is 19.1 Å². The van der Waals surface area contributed by atoms with Crippen LogP contribution in [0.2, 0.25) is 0 Å². The van der Waals surface area contributed by atoms with Gasteiger partial charge in [-0.05, 0) is 6.92 Å². The molecule has 0 fully saturated rings.